The van der Waals surface area contributed by atoms with E-state index in [0.29, 0.717) is 139 Å². The molecule has 0 bridgehead atoms. The first kappa shape index (κ1) is 110. The summed E-state index contributed by atoms with van der Waals surface area (Å²) in [7, 11) is 0. The van der Waals surface area contributed by atoms with Gasteiger partial charge in [0.15, 0.2) is 34.7 Å². The Hall–Kier alpha value is -13.4. The number of hydrogen-bond acceptors (Lipinski definition) is 27. The Morgan fingerprint density at radius 1 is 0.319 bits per heavy atom. The Morgan fingerprint density at radius 3 is 0.948 bits per heavy atom. The van der Waals surface area contributed by atoms with Crippen LogP contribution in [0, 0.1) is 11.8 Å². The molecule has 27 nitrogen and oxygen atoms in total. The number of nitrogens with zero attached hydrogens (tertiary/aromatic N) is 1. The minimum Gasteiger partial charge on any atom is -0.508 e. The number of carbonyl (C=O) groups is 12. The number of pyridine rings is 1. The molecule has 0 fully saturated rings. The van der Waals surface area contributed by atoms with Crippen molar-refractivity contribution < 1.29 is 95.8 Å². The lowest BCUT2D eigenvalue weighted by Gasteiger charge is -2.31. The number of phenols is 1. The normalized spacial score (nSPS) is 18.0. The third-order valence-corrected chi connectivity index (χ3v) is 23.2. The van der Waals surface area contributed by atoms with Gasteiger partial charge in [0.25, 0.3) is 0 Å². The molecule has 0 saturated carbocycles. The Bertz CT molecular complexity index is 5530. The average Bonchev–Trinajstić information content (AvgIpc) is 0.739. The first-order valence-corrected chi connectivity index (χ1v) is 46.1. The topological polar surface area (TPSA) is 375 Å². The number of phenolic OH excluding ortho intramolecular Hbond substituents is 1. The SMILES string of the molecule is CCOC(=O)C1=C(C)NC(C)=C(C(C)=O)C1CC(C)C.CCOC(=O)C1=C(C)NC(C)=C(C(C)=O)C1c1cccc(Br)c1.CCOC(=O)C1=C(C)NC(C)=C(C(C)=O)C1c1cccc(O)c1.CCOC(=O)C1=C(C)NC(C)=C(C(C)=O)C1c1ccccc1.CCOC(=O)C1=C(C)NC(C)=C(C(C)=O)C1c1ccccc1OCC.CCOC(=O)C1=C(C)NC(C)=C(C(C)=O)C1c1ccccn1. The number of aromatic nitrogens is 1. The number of allylic oxidation sites excluding steroid dienone is 18. The maximum Gasteiger partial charge on any atom is 0.336 e. The van der Waals surface area contributed by atoms with Gasteiger partial charge in [-0.1, -0.05) is 109 Å². The van der Waals surface area contributed by atoms with Crippen LogP contribution in [0.25, 0.3) is 0 Å². The molecule has 6 unspecified atom stereocenters. The second kappa shape index (κ2) is 51.8. The number of Topliss-reactive ketones (excluding diaryl/α,β-unsaturated/α-hetero) is 6. The van der Waals surface area contributed by atoms with Crippen LogP contribution in [0.4, 0.5) is 0 Å². The van der Waals surface area contributed by atoms with Gasteiger partial charge in [-0.15, -0.1) is 0 Å². The summed E-state index contributed by atoms with van der Waals surface area (Å²) < 4.78 is 37.8. The number of halogens is 1. The highest BCUT2D eigenvalue weighted by atomic mass is 79.9. The molecule has 0 saturated heterocycles. The van der Waals surface area contributed by atoms with Crippen LogP contribution < -0.4 is 36.6 Å². The minimum atomic E-state index is -0.556. The molecule has 135 heavy (non-hydrogen) atoms. The monoisotopic (exact) mass is 1910 g/mol. The summed E-state index contributed by atoms with van der Waals surface area (Å²) in [6.07, 6.45) is 2.42. The average molecular weight is 1920 g/mol. The van der Waals surface area contributed by atoms with Crippen LogP contribution in [0.1, 0.15) is 251 Å². The first-order chi connectivity index (χ1) is 63.9. The van der Waals surface area contributed by atoms with E-state index in [1.807, 2.05) is 167 Å². The van der Waals surface area contributed by atoms with Crippen molar-refractivity contribution in [3.8, 4) is 11.5 Å². The van der Waals surface area contributed by atoms with Gasteiger partial charge >= 0.3 is 35.8 Å². The number of rotatable bonds is 27. The lowest BCUT2D eigenvalue weighted by atomic mass is 9.78. The molecule has 7 N–H and O–H groups in total. The van der Waals surface area contributed by atoms with Crippen LogP contribution >= 0.6 is 15.9 Å². The molecule has 7 heterocycles. The summed E-state index contributed by atoms with van der Waals surface area (Å²) in [4.78, 5) is 152. The zero-order valence-corrected chi connectivity index (χ0v) is 84.4. The van der Waals surface area contributed by atoms with Crippen LogP contribution in [0.2, 0.25) is 0 Å². The zero-order valence-electron chi connectivity index (χ0n) is 82.9. The van der Waals surface area contributed by atoms with Crippen LogP contribution in [-0.4, -0.2) is 127 Å². The van der Waals surface area contributed by atoms with Gasteiger partial charge in [0.05, 0.1) is 97.2 Å². The Morgan fingerprint density at radius 2 is 0.607 bits per heavy atom. The lowest BCUT2D eigenvalue weighted by molar-refractivity contribution is -0.140. The van der Waals surface area contributed by atoms with E-state index in [4.69, 9.17) is 33.2 Å². The third-order valence-electron chi connectivity index (χ3n) is 22.7. The minimum absolute atomic E-state index is 0.00921. The van der Waals surface area contributed by atoms with Crippen LogP contribution in [0.15, 0.2) is 267 Å². The maximum atomic E-state index is 12.6. The fourth-order valence-corrected chi connectivity index (χ4v) is 18.1. The number of dihydropyridines is 6. The van der Waals surface area contributed by atoms with Crippen molar-refractivity contribution >= 4 is 86.4 Å². The molecule has 722 valence electrons. The Labute approximate surface area is 802 Å². The number of esters is 6. The lowest BCUT2D eigenvalue weighted by Crippen LogP contribution is -2.33. The summed E-state index contributed by atoms with van der Waals surface area (Å²) in [5.41, 5.74) is 19.2. The predicted octanol–water partition coefficient (Wildman–Crippen LogP) is 18.6. The van der Waals surface area contributed by atoms with E-state index in [9.17, 15) is 62.6 Å². The van der Waals surface area contributed by atoms with E-state index in [2.05, 4.69) is 66.7 Å². The van der Waals surface area contributed by atoms with Crippen molar-refractivity contribution in [3.05, 3.63) is 295 Å². The molecule has 1 aromatic heterocycles. The predicted molar refractivity (Wildman–Crippen MR) is 522 cm³/mol. The highest BCUT2D eigenvalue weighted by molar-refractivity contribution is 9.10. The van der Waals surface area contributed by atoms with E-state index in [1.165, 1.54) is 34.6 Å². The molecule has 6 aliphatic heterocycles. The quantitative estimate of drug-likeness (QED) is 0.0190. The van der Waals surface area contributed by atoms with E-state index in [1.54, 1.807) is 98.8 Å². The molecule has 28 heteroatoms. The fourth-order valence-electron chi connectivity index (χ4n) is 17.7. The van der Waals surface area contributed by atoms with E-state index >= 15 is 0 Å². The summed E-state index contributed by atoms with van der Waals surface area (Å²) in [5.74, 6) is -4.23. The van der Waals surface area contributed by atoms with Gasteiger partial charge in [-0.3, -0.25) is 33.8 Å². The Kier molecular flexibility index (Phi) is 42.3. The smallest absolute Gasteiger partial charge is 0.336 e. The van der Waals surface area contributed by atoms with E-state index < -0.39 is 47.5 Å². The molecule has 0 radical (unpaired) electrons. The van der Waals surface area contributed by atoms with Gasteiger partial charge in [-0.05, 0) is 245 Å². The number of carbonyl (C=O) groups excluding carboxylic acids is 12. The van der Waals surface area contributed by atoms with Crippen molar-refractivity contribution in [2.24, 2.45) is 11.8 Å². The fraction of sp³-hybridized carbons (Fsp3) is 0.393. The Balaban J connectivity index is 0.000000249. The number of para-hydroxylation sites is 1. The maximum absolute atomic E-state index is 12.6. The standard InChI is InChI=1S/C20H25NO4.C18H20BrNO3.C18H21NO4.C18H21NO3.C17H20N2O3.C16H25NO3/c1-6-24-16-11-9-8-10-15(16)19-17(14(5)22)12(3)21-13(4)18(19)20(23)25-7-2;1-5-23-18(22)16-11(3)20-10(2)15(12(4)21)17(16)13-7-6-8-14(19)9-13;1-5-23-18(22)16-11(3)19-10(2)15(12(4)20)17(16)13-7-6-8-14(21)9-13;1-5-22-18(21)16-12(3)19-11(2)15(13(4)20)17(16)14-9-7-6-8-10-14;1-5-22-17(21)15-11(3)19-10(2)14(12(4)20)16(15)13-8-6-7-9-18-13;1-7-20-16(19)15-11(5)17-10(4)14(12(6)18)13(15)8-9(2)3/h8-11,19,21H,6-7H2,1-5H3;6-9,17,20H,5H2,1-4H3;6-9,17,19,21H,5H2,1-4H3;6-10,17,19H,5H2,1-4H3;6-9,16,19H,5H2,1-4H3;9,13,17H,7-8H2,1-6H3. The van der Waals surface area contributed by atoms with Crippen LogP contribution in [0.3, 0.4) is 0 Å². The molecule has 6 aliphatic rings. The molecule has 0 spiro atoms. The molecule has 4 aromatic carbocycles. The highest BCUT2D eigenvalue weighted by Crippen LogP contribution is 2.47. The zero-order chi connectivity index (χ0) is 101. The second-order valence-electron chi connectivity index (χ2n) is 33.0. The van der Waals surface area contributed by atoms with Crippen LogP contribution in [-0.2, 0) is 86.0 Å². The largest absolute Gasteiger partial charge is 0.508 e. The number of ether oxygens (including phenoxy) is 7. The molecule has 11 rings (SSSR count). The van der Waals surface area contributed by atoms with Gasteiger partial charge < -0.3 is 70.2 Å². The van der Waals surface area contributed by atoms with Crippen molar-refractivity contribution in [3.63, 3.8) is 0 Å². The molecular weight excluding hydrogens is 1780 g/mol. The number of hydrogen-bond donors (Lipinski definition) is 7. The van der Waals surface area contributed by atoms with Crippen molar-refractivity contribution in [1.82, 2.24) is 36.9 Å². The summed E-state index contributed by atoms with van der Waals surface area (Å²) in [6.45, 7) is 50.0. The van der Waals surface area contributed by atoms with E-state index in [0.717, 1.165) is 73.2 Å². The molecule has 0 aliphatic carbocycles. The van der Waals surface area contributed by atoms with E-state index in [-0.39, 0.29) is 84.0 Å². The molecular formula is C107H132BrN7O20. The number of ketones is 6. The van der Waals surface area contributed by atoms with Gasteiger partial charge in [0.2, 0.25) is 0 Å². The third kappa shape index (κ3) is 27.9. The number of nitrogens with one attached hydrogen (secondary N) is 6. The highest BCUT2D eigenvalue weighted by Gasteiger charge is 2.43. The first-order valence-electron chi connectivity index (χ1n) is 45.3. The van der Waals surface area contributed by atoms with Crippen molar-refractivity contribution in [2.45, 2.75) is 223 Å². The summed E-state index contributed by atoms with van der Waals surface area (Å²) in [6, 6.07) is 36.8. The summed E-state index contributed by atoms with van der Waals surface area (Å²) in [5, 5.41) is 28.5. The van der Waals surface area contributed by atoms with Crippen LogP contribution in [0.5, 0.6) is 11.5 Å². The number of benzene rings is 4. The van der Waals surface area contributed by atoms with Crippen molar-refractivity contribution in [2.75, 3.05) is 46.2 Å². The van der Waals surface area contributed by atoms with Gasteiger partial charge in [0, 0.05) is 142 Å². The second-order valence-corrected chi connectivity index (χ2v) is 33.9. The summed E-state index contributed by atoms with van der Waals surface area (Å²) >= 11 is 3.45. The van der Waals surface area contributed by atoms with Gasteiger partial charge in [0.1, 0.15) is 11.5 Å². The molecule has 5 aromatic rings. The van der Waals surface area contributed by atoms with Crippen molar-refractivity contribution in [1.29, 1.82) is 0 Å². The number of aromatic hydroxyl groups is 1. The van der Waals surface area contributed by atoms with Gasteiger partial charge in [-0.2, -0.15) is 0 Å². The van der Waals surface area contributed by atoms with Gasteiger partial charge in [-0.25, -0.2) is 28.8 Å². The molecule has 0 amide bonds. The molecule has 6 atom stereocenters.